The van der Waals surface area contributed by atoms with E-state index in [2.05, 4.69) is 12.1 Å². The molecule has 130 valence electrons. The molecule has 0 spiro atoms. The maximum atomic E-state index is 6.06. The molecule has 25 heavy (non-hydrogen) atoms. The molecule has 2 fully saturated rings. The van der Waals surface area contributed by atoms with Gasteiger partial charge in [-0.1, -0.05) is 12.1 Å². The third-order valence-electron chi connectivity index (χ3n) is 4.53. The van der Waals surface area contributed by atoms with Crippen LogP contribution in [0.5, 0.6) is 11.5 Å². The summed E-state index contributed by atoms with van der Waals surface area (Å²) < 4.78 is 28.5. The zero-order chi connectivity index (χ0) is 16.8. The first-order valence-corrected chi connectivity index (χ1v) is 9.70. The molecule has 2 saturated heterocycles. The van der Waals surface area contributed by atoms with E-state index in [1.807, 2.05) is 24.3 Å². The van der Waals surface area contributed by atoms with Crippen LogP contribution >= 0.6 is 7.76 Å². The van der Waals surface area contributed by atoms with Crippen LogP contribution in [0.2, 0.25) is 0 Å². The third-order valence-corrected chi connectivity index (χ3v) is 6.52. The zero-order valence-corrected chi connectivity index (χ0v) is 14.8. The third kappa shape index (κ3) is 2.87. The van der Waals surface area contributed by atoms with Gasteiger partial charge in [-0.2, -0.15) is 0 Å². The molecule has 2 aliphatic rings. The second-order valence-electron chi connectivity index (χ2n) is 6.31. The molecule has 5 nitrogen and oxygen atoms in total. The van der Waals surface area contributed by atoms with Crippen LogP contribution in [-0.4, -0.2) is 45.7 Å². The normalized spacial score (nSPS) is 22.4. The van der Waals surface area contributed by atoms with Gasteiger partial charge in [0.25, 0.3) is 0 Å². The van der Waals surface area contributed by atoms with Crippen molar-refractivity contribution < 1.29 is 23.5 Å². The Labute approximate surface area is 146 Å². The Morgan fingerprint density at radius 2 is 1.36 bits per heavy atom. The summed E-state index contributed by atoms with van der Waals surface area (Å²) in [6.45, 7) is 2.73. The van der Waals surface area contributed by atoms with E-state index < -0.39 is 7.76 Å². The van der Waals surface area contributed by atoms with Crippen molar-refractivity contribution in [2.24, 2.45) is 0 Å². The predicted molar refractivity (Wildman–Crippen MR) is 97.1 cm³/mol. The zero-order valence-electron chi connectivity index (χ0n) is 13.9. The van der Waals surface area contributed by atoms with Crippen molar-refractivity contribution in [2.75, 3.05) is 33.5 Å². The Bertz CT molecular complexity index is 853. The maximum Gasteiger partial charge on any atom is 0.128 e. The van der Waals surface area contributed by atoms with E-state index in [9.17, 15) is 0 Å². The number of rotatable bonds is 7. The Balaban J connectivity index is 1.67. The van der Waals surface area contributed by atoms with Gasteiger partial charge in [0.15, 0.2) is 0 Å². The number of hydrogen-bond acceptors (Lipinski definition) is 5. The second-order valence-corrected chi connectivity index (χ2v) is 8.23. The van der Waals surface area contributed by atoms with Crippen molar-refractivity contribution in [1.29, 1.82) is 0 Å². The fourth-order valence-electron chi connectivity index (χ4n) is 3.14. The van der Waals surface area contributed by atoms with Crippen LogP contribution in [0.15, 0.2) is 36.4 Å². The first kappa shape index (κ1) is 15.5. The van der Waals surface area contributed by atoms with Gasteiger partial charge in [0.1, 0.15) is 36.9 Å². The SMILES string of the molecule is COp1c2cccc(OCC3CO3)c2c2c(OCC3CO3)cccc21. The summed E-state index contributed by atoms with van der Waals surface area (Å²) in [6.07, 6.45) is 0.443. The summed E-state index contributed by atoms with van der Waals surface area (Å²) in [4.78, 5) is 0. The molecule has 6 heteroatoms. The van der Waals surface area contributed by atoms with Gasteiger partial charge >= 0.3 is 0 Å². The minimum Gasteiger partial charge on any atom is -0.490 e. The summed E-state index contributed by atoms with van der Waals surface area (Å²) in [5.74, 6) is 1.74. The molecular formula is C19H19O5P. The van der Waals surface area contributed by atoms with E-state index in [1.54, 1.807) is 7.11 Å². The van der Waals surface area contributed by atoms with Crippen LogP contribution in [0, 0.1) is 0 Å². The molecule has 3 heterocycles. The Morgan fingerprint density at radius 1 is 0.880 bits per heavy atom. The fourth-order valence-corrected chi connectivity index (χ4v) is 5.09. The number of hydrogen-bond donors (Lipinski definition) is 0. The van der Waals surface area contributed by atoms with Gasteiger partial charge in [-0.3, -0.25) is 0 Å². The second kappa shape index (κ2) is 6.19. The fraction of sp³-hybridized carbons (Fsp3) is 0.368. The van der Waals surface area contributed by atoms with Crippen molar-refractivity contribution in [3.63, 3.8) is 0 Å². The quantitative estimate of drug-likeness (QED) is 0.604. The smallest absolute Gasteiger partial charge is 0.128 e. The molecule has 0 N–H and O–H groups in total. The molecule has 2 aromatic carbocycles. The average Bonchev–Trinajstić information content (AvgIpc) is 3.55. The molecule has 3 aromatic rings. The average molecular weight is 358 g/mol. The number of benzene rings is 2. The molecule has 2 aliphatic heterocycles. The molecule has 5 rings (SSSR count). The van der Waals surface area contributed by atoms with Gasteiger partial charge in [-0.25, -0.2) is 0 Å². The van der Waals surface area contributed by atoms with Crippen molar-refractivity contribution in [3.8, 4) is 11.5 Å². The Hall–Kier alpha value is -1.78. The van der Waals surface area contributed by atoms with Gasteiger partial charge in [-0.05, 0) is 24.3 Å². The predicted octanol–water partition coefficient (Wildman–Crippen LogP) is 3.59. The molecule has 0 aliphatic carbocycles. The van der Waals surface area contributed by atoms with Crippen molar-refractivity contribution in [2.45, 2.75) is 12.2 Å². The number of epoxide rings is 2. The summed E-state index contributed by atoms with van der Waals surface area (Å²) in [5.41, 5.74) is 0. The highest BCUT2D eigenvalue weighted by atomic mass is 31.1. The van der Waals surface area contributed by atoms with Crippen molar-refractivity contribution in [3.05, 3.63) is 36.4 Å². The van der Waals surface area contributed by atoms with Gasteiger partial charge in [0.05, 0.1) is 13.2 Å². The van der Waals surface area contributed by atoms with Crippen LogP contribution in [-0.2, 0) is 9.47 Å². The molecule has 2 atom stereocenters. The van der Waals surface area contributed by atoms with Crippen LogP contribution in [0.1, 0.15) is 0 Å². The molecule has 0 amide bonds. The maximum absolute atomic E-state index is 6.06. The van der Waals surface area contributed by atoms with Gasteiger partial charge < -0.3 is 23.5 Å². The molecule has 0 saturated carbocycles. The molecule has 0 bridgehead atoms. The van der Waals surface area contributed by atoms with Crippen molar-refractivity contribution >= 4 is 28.8 Å². The lowest BCUT2D eigenvalue weighted by molar-refractivity contribution is 0.264. The summed E-state index contributed by atoms with van der Waals surface area (Å²) >= 11 is 0. The topological polar surface area (TPSA) is 52.8 Å². The largest absolute Gasteiger partial charge is 0.490 e. The highest BCUT2D eigenvalue weighted by Gasteiger charge is 2.26. The lowest BCUT2D eigenvalue weighted by Crippen LogP contribution is -2.05. The Kier molecular flexibility index (Phi) is 3.83. The van der Waals surface area contributed by atoms with Crippen LogP contribution in [0.3, 0.4) is 0 Å². The standard InChI is InChI=1S/C19H19O5P/c1-20-25-16-6-2-4-14(23-10-12-8-21-12)18(16)19-15(5-3-7-17(19)25)24-11-13-9-22-13/h2-7,12-13H,8-11H2,1H3. The van der Waals surface area contributed by atoms with E-state index in [1.165, 1.54) is 10.2 Å². The van der Waals surface area contributed by atoms with E-state index in [0.29, 0.717) is 13.2 Å². The summed E-state index contributed by atoms with van der Waals surface area (Å²) in [6, 6.07) is 12.3. The number of fused-ring (bicyclic) bond motifs is 3. The minimum absolute atomic E-state index is 0.221. The lowest BCUT2D eigenvalue weighted by atomic mass is 10.1. The van der Waals surface area contributed by atoms with E-state index in [0.717, 1.165) is 35.5 Å². The van der Waals surface area contributed by atoms with Crippen molar-refractivity contribution in [1.82, 2.24) is 0 Å². The van der Waals surface area contributed by atoms with E-state index in [-0.39, 0.29) is 12.2 Å². The van der Waals surface area contributed by atoms with Crippen LogP contribution in [0.4, 0.5) is 0 Å². The van der Waals surface area contributed by atoms with Crippen LogP contribution in [0.25, 0.3) is 21.0 Å². The summed E-state index contributed by atoms with van der Waals surface area (Å²) in [7, 11) is 0.915. The first-order chi connectivity index (χ1) is 12.3. The summed E-state index contributed by atoms with van der Waals surface area (Å²) in [5, 5.41) is 4.55. The highest BCUT2D eigenvalue weighted by molar-refractivity contribution is 7.57. The van der Waals surface area contributed by atoms with E-state index in [4.69, 9.17) is 23.5 Å². The molecule has 1 aromatic heterocycles. The van der Waals surface area contributed by atoms with E-state index >= 15 is 0 Å². The first-order valence-electron chi connectivity index (χ1n) is 8.44. The lowest BCUT2D eigenvalue weighted by Gasteiger charge is -2.09. The Morgan fingerprint density at radius 3 is 1.76 bits per heavy atom. The molecule has 2 unspecified atom stereocenters. The molecule has 0 radical (unpaired) electrons. The molecular weight excluding hydrogens is 339 g/mol. The monoisotopic (exact) mass is 358 g/mol. The van der Waals surface area contributed by atoms with Crippen LogP contribution < -0.4 is 14.0 Å². The minimum atomic E-state index is -0.850. The van der Waals surface area contributed by atoms with Gasteiger partial charge in [0, 0.05) is 35.9 Å². The van der Waals surface area contributed by atoms with Gasteiger partial charge in [0.2, 0.25) is 0 Å². The van der Waals surface area contributed by atoms with Gasteiger partial charge in [-0.15, -0.1) is 0 Å². The highest BCUT2D eigenvalue weighted by Crippen LogP contribution is 2.52. The number of ether oxygens (including phenoxy) is 4.